The van der Waals surface area contributed by atoms with Gasteiger partial charge in [-0.05, 0) is 19.8 Å². The molecule has 4 aliphatic rings. The van der Waals surface area contributed by atoms with Crippen molar-refractivity contribution in [2.45, 2.75) is 94.3 Å². The summed E-state index contributed by atoms with van der Waals surface area (Å²) < 4.78 is 38.4. The number of Topliss-reactive ketones (excluding diaryl/α,β-unsaturated/α-hetero) is 1. The first-order valence-electron chi connectivity index (χ1n) is 12.0. The lowest BCUT2D eigenvalue weighted by molar-refractivity contribution is -0.156. The average molecular weight is 500 g/mol. The van der Waals surface area contributed by atoms with Crippen LogP contribution in [0, 0.1) is 0 Å². The molecule has 4 saturated heterocycles. The van der Waals surface area contributed by atoms with E-state index in [-0.39, 0.29) is 57.9 Å². The molecule has 0 spiro atoms. The molecule has 0 aliphatic carbocycles. The van der Waals surface area contributed by atoms with Crippen molar-refractivity contribution in [3.63, 3.8) is 0 Å². The van der Waals surface area contributed by atoms with Gasteiger partial charge < -0.3 is 43.1 Å². The Bertz CT molecular complexity index is 799. The molecule has 8 atom stereocenters. The second kappa shape index (κ2) is 11.7. The second-order valence-electron chi connectivity index (χ2n) is 9.25. The minimum atomic E-state index is -0.721. The van der Waals surface area contributed by atoms with Crippen LogP contribution in [-0.4, -0.2) is 104 Å². The van der Waals surface area contributed by atoms with Gasteiger partial charge in [0.15, 0.2) is 18.3 Å². The van der Waals surface area contributed by atoms with Crippen molar-refractivity contribution in [1.29, 1.82) is 0 Å². The smallest absolute Gasteiger partial charge is 0.306 e. The fourth-order valence-electron chi connectivity index (χ4n) is 4.72. The summed E-state index contributed by atoms with van der Waals surface area (Å²) in [4.78, 5) is 47.4. The van der Waals surface area contributed by atoms with Gasteiger partial charge >= 0.3 is 17.9 Å². The maximum absolute atomic E-state index is 12.3. The van der Waals surface area contributed by atoms with Gasteiger partial charge in [0.2, 0.25) is 0 Å². The Morgan fingerprint density at radius 1 is 0.629 bits per heavy atom. The maximum atomic E-state index is 12.3. The van der Waals surface area contributed by atoms with E-state index in [0.717, 1.165) is 0 Å². The summed E-state index contributed by atoms with van der Waals surface area (Å²) in [6.07, 6.45) is -3.34. The quantitative estimate of drug-likeness (QED) is 0.290. The van der Waals surface area contributed by atoms with Crippen LogP contribution in [0.3, 0.4) is 0 Å². The molecule has 0 bridgehead atoms. The van der Waals surface area contributed by atoms with E-state index < -0.39 is 66.7 Å². The minimum absolute atomic E-state index is 0.0139. The van der Waals surface area contributed by atoms with Gasteiger partial charge in [0, 0.05) is 25.7 Å². The molecule has 1 N–H and O–H groups in total. The third-order valence-corrected chi connectivity index (χ3v) is 6.46. The maximum Gasteiger partial charge on any atom is 0.306 e. The Morgan fingerprint density at radius 3 is 1.46 bits per heavy atom. The monoisotopic (exact) mass is 500 g/mol. The highest BCUT2D eigenvalue weighted by molar-refractivity contribution is 5.76. The largest absolute Gasteiger partial charge is 0.457 e. The number of esters is 3. The predicted molar refractivity (Wildman–Crippen MR) is 113 cm³/mol. The first kappa shape index (κ1) is 26.0. The van der Waals surface area contributed by atoms with Crippen LogP contribution in [0.2, 0.25) is 0 Å². The Kier molecular flexibility index (Phi) is 8.71. The van der Waals surface area contributed by atoms with Gasteiger partial charge in [-0.2, -0.15) is 0 Å². The lowest BCUT2D eigenvalue weighted by Crippen LogP contribution is -2.36. The van der Waals surface area contributed by atoms with Crippen LogP contribution in [-0.2, 0) is 52.3 Å². The fraction of sp³-hybridized carbons (Fsp3) is 0.826. The molecule has 0 unspecified atom stereocenters. The molecule has 0 radical (unpaired) electrons. The van der Waals surface area contributed by atoms with Crippen LogP contribution >= 0.6 is 0 Å². The zero-order valence-corrected chi connectivity index (χ0v) is 19.6. The molecule has 4 aliphatic heterocycles. The van der Waals surface area contributed by atoms with Crippen molar-refractivity contribution in [3.8, 4) is 0 Å². The van der Waals surface area contributed by atoms with Gasteiger partial charge in [-0.1, -0.05) is 0 Å². The summed E-state index contributed by atoms with van der Waals surface area (Å²) in [7, 11) is 0. The molecule has 12 heteroatoms. The van der Waals surface area contributed by atoms with E-state index >= 15 is 0 Å². The number of ketones is 1. The van der Waals surface area contributed by atoms with Crippen molar-refractivity contribution < 1.29 is 57.4 Å². The second-order valence-corrected chi connectivity index (χ2v) is 9.25. The van der Waals surface area contributed by atoms with Gasteiger partial charge in [-0.3, -0.25) is 14.4 Å². The number of aliphatic hydroxyl groups excluding tert-OH is 1. The highest BCUT2D eigenvalue weighted by Crippen LogP contribution is 2.31. The van der Waals surface area contributed by atoms with E-state index in [1.807, 2.05) is 0 Å². The third kappa shape index (κ3) is 6.56. The van der Waals surface area contributed by atoms with Gasteiger partial charge in [0.1, 0.15) is 36.3 Å². The molecule has 4 heterocycles. The molecule has 12 nitrogen and oxygen atoms in total. The van der Waals surface area contributed by atoms with Gasteiger partial charge in [-0.25, -0.2) is 0 Å². The first-order chi connectivity index (χ1) is 16.8. The lowest BCUT2D eigenvalue weighted by atomic mass is 10.1. The average Bonchev–Trinajstić information content (AvgIpc) is 3.55. The first-order valence-corrected chi connectivity index (χ1v) is 12.0. The molecular weight excluding hydrogens is 468 g/mol. The summed E-state index contributed by atoms with van der Waals surface area (Å²) in [6.45, 7) is 2.05. The molecule has 0 amide bonds. The van der Waals surface area contributed by atoms with E-state index in [0.29, 0.717) is 12.8 Å². The Morgan fingerprint density at radius 2 is 1.00 bits per heavy atom. The molecule has 35 heavy (non-hydrogen) atoms. The standard InChI is InChI=1S/C23H32O12/c1-12(24)4-2-5-17(26)34-15-10-31-23-16(11-32-22(15)23)35-19(28)7-3-6-18(27)33-14-9-30-20-13(25)8-29-21(14)20/h13-16,20-23,25H,2-11H2,1H3/t13-,14+,15+,16-,20-,21-,22-,23-/m1/s1. The number of carbonyl (C=O) groups excluding carboxylic acids is 4. The van der Waals surface area contributed by atoms with Crippen molar-refractivity contribution >= 4 is 23.7 Å². The number of rotatable bonds is 11. The zero-order valence-electron chi connectivity index (χ0n) is 19.6. The van der Waals surface area contributed by atoms with E-state index in [1.165, 1.54) is 6.92 Å². The molecule has 0 aromatic heterocycles. The number of hydrogen-bond acceptors (Lipinski definition) is 12. The minimum Gasteiger partial charge on any atom is -0.457 e. The summed E-state index contributed by atoms with van der Waals surface area (Å²) in [6, 6.07) is 0. The van der Waals surface area contributed by atoms with E-state index in [9.17, 15) is 24.3 Å². The fourth-order valence-corrected chi connectivity index (χ4v) is 4.72. The molecule has 0 aromatic rings. The summed E-state index contributed by atoms with van der Waals surface area (Å²) in [5.41, 5.74) is 0. The lowest BCUT2D eigenvalue weighted by Gasteiger charge is -2.17. The van der Waals surface area contributed by atoms with E-state index in [2.05, 4.69) is 0 Å². The van der Waals surface area contributed by atoms with Crippen molar-refractivity contribution in [2.24, 2.45) is 0 Å². The molecule has 0 saturated carbocycles. The highest BCUT2D eigenvalue weighted by Gasteiger charge is 2.51. The third-order valence-electron chi connectivity index (χ3n) is 6.46. The highest BCUT2D eigenvalue weighted by atomic mass is 16.7. The van der Waals surface area contributed by atoms with Crippen LogP contribution in [0.1, 0.15) is 45.4 Å². The van der Waals surface area contributed by atoms with Crippen LogP contribution in [0.5, 0.6) is 0 Å². The summed E-state index contributed by atoms with van der Waals surface area (Å²) in [5, 5.41) is 9.74. The predicted octanol–water partition coefficient (Wildman–Crippen LogP) is -0.392. The molecule has 0 aromatic carbocycles. The number of ether oxygens (including phenoxy) is 7. The number of carbonyl (C=O) groups is 4. The molecule has 4 fully saturated rings. The van der Waals surface area contributed by atoms with E-state index in [1.54, 1.807) is 0 Å². The molecule has 196 valence electrons. The summed E-state index contributed by atoms with van der Waals surface area (Å²) in [5.74, 6) is -1.38. The number of hydrogen-bond donors (Lipinski definition) is 1. The summed E-state index contributed by atoms with van der Waals surface area (Å²) >= 11 is 0. The normalized spacial score (nSPS) is 35.4. The van der Waals surface area contributed by atoms with E-state index in [4.69, 9.17) is 33.2 Å². The number of aliphatic hydroxyl groups is 1. The Hall–Kier alpha value is -2.12. The van der Waals surface area contributed by atoms with Crippen molar-refractivity contribution in [2.75, 3.05) is 26.4 Å². The van der Waals surface area contributed by atoms with Crippen molar-refractivity contribution in [3.05, 3.63) is 0 Å². The van der Waals surface area contributed by atoms with Gasteiger partial charge in [-0.15, -0.1) is 0 Å². The van der Waals surface area contributed by atoms with Crippen LogP contribution in [0.15, 0.2) is 0 Å². The Balaban J connectivity index is 1.11. The van der Waals surface area contributed by atoms with Gasteiger partial charge in [0.25, 0.3) is 0 Å². The SMILES string of the molecule is CC(=O)CCCC(=O)O[C@H]1CO[C@H]2[C@@H]1OC[C@H]2OC(=O)CCCC(=O)O[C@H]1CO[C@H]2[C@@H]1OC[C@H]2O. The molecular formula is C23H32O12. The zero-order chi connectivity index (χ0) is 24.9. The van der Waals surface area contributed by atoms with Crippen LogP contribution in [0.25, 0.3) is 0 Å². The topological polar surface area (TPSA) is 153 Å². The number of fused-ring (bicyclic) bond motifs is 2. The van der Waals surface area contributed by atoms with Gasteiger partial charge in [0.05, 0.1) is 26.4 Å². The van der Waals surface area contributed by atoms with Crippen LogP contribution < -0.4 is 0 Å². The Labute approximate surface area is 202 Å². The molecule has 4 rings (SSSR count). The van der Waals surface area contributed by atoms with Crippen molar-refractivity contribution in [1.82, 2.24) is 0 Å². The van der Waals surface area contributed by atoms with Crippen LogP contribution in [0.4, 0.5) is 0 Å².